The number of hydrogen-bond acceptors (Lipinski definition) is 2. The maximum absolute atomic E-state index is 2.40. The monoisotopic (exact) mass is 383 g/mol. The van der Waals surface area contributed by atoms with Crippen molar-refractivity contribution in [3.63, 3.8) is 0 Å². The second-order valence-electron chi connectivity index (χ2n) is 6.28. The Labute approximate surface area is 166 Å². The van der Waals surface area contributed by atoms with Gasteiger partial charge in [0, 0.05) is 11.3 Å². The minimum Gasteiger partial charge on any atom is -0.307 e. The number of thiophene rings is 2. The van der Waals surface area contributed by atoms with Gasteiger partial charge in [0.15, 0.2) is 0 Å². The van der Waals surface area contributed by atoms with Gasteiger partial charge in [0.2, 0.25) is 0 Å². The van der Waals surface area contributed by atoms with Gasteiger partial charge in [-0.15, -0.1) is 22.7 Å². The second-order valence-corrected chi connectivity index (χ2v) is 8.18. The molecule has 1 nitrogen and oxygen atoms in total. The summed E-state index contributed by atoms with van der Waals surface area (Å²) in [6.45, 7) is 0. The van der Waals surface area contributed by atoms with E-state index in [4.69, 9.17) is 0 Å². The Kier molecular flexibility index (Phi) is 4.24. The zero-order valence-electron chi connectivity index (χ0n) is 14.6. The minimum atomic E-state index is 1.19. The van der Waals surface area contributed by atoms with Gasteiger partial charge in [0.05, 0.1) is 21.1 Å². The molecule has 5 rings (SSSR count). The first kappa shape index (κ1) is 16.3. The number of hydrogen-bond donors (Lipinski definition) is 0. The molecule has 0 aliphatic carbocycles. The molecule has 2 aromatic carbocycles. The average Bonchev–Trinajstić information content (AvgIpc) is 3.49. The van der Waals surface area contributed by atoms with Crippen LogP contribution in [0.1, 0.15) is 0 Å². The van der Waals surface area contributed by atoms with E-state index < -0.39 is 0 Å². The van der Waals surface area contributed by atoms with Gasteiger partial charge in [0.25, 0.3) is 0 Å². The maximum atomic E-state index is 2.40. The predicted molar refractivity (Wildman–Crippen MR) is 118 cm³/mol. The fourth-order valence-electron chi connectivity index (χ4n) is 3.46. The highest BCUT2D eigenvalue weighted by Gasteiger charge is 2.21. The molecule has 0 saturated carbocycles. The van der Waals surface area contributed by atoms with Crippen molar-refractivity contribution in [1.29, 1.82) is 0 Å². The topological polar surface area (TPSA) is 4.93 Å². The van der Waals surface area contributed by atoms with Crippen LogP contribution < -0.4 is 0 Å². The Balaban J connectivity index is 1.88. The molecule has 5 aromatic rings. The molecule has 0 aliphatic rings. The summed E-state index contributed by atoms with van der Waals surface area (Å²) in [5.41, 5.74) is 6.19. The molecule has 0 radical (unpaired) electrons. The lowest BCUT2D eigenvalue weighted by Crippen LogP contribution is -1.98. The van der Waals surface area contributed by atoms with Crippen LogP contribution in [0.25, 0.3) is 38.0 Å². The highest BCUT2D eigenvalue weighted by molar-refractivity contribution is 7.14. The van der Waals surface area contributed by atoms with E-state index in [9.17, 15) is 0 Å². The van der Waals surface area contributed by atoms with Crippen LogP contribution in [0.2, 0.25) is 0 Å². The van der Waals surface area contributed by atoms with Gasteiger partial charge in [-0.05, 0) is 46.7 Å². The van der Waals surface area contributed by atoms with Crippen molar-refractivity contribution in [2.24, 2.45) is 0 Å². The van der Waals surface area contributed by atoms with Crippen LogP contribution in [0, 0.1) is 0 Å². The van der Waals surface area contributed by atoms with Crippen molar-refractivity contribution < 1.29 is 0 Å². The van der Waals surface area contributed by atoms with Gasteiger partial charge in [-0.25, -0.2) is 0 Å². The summed E-state index contributed by atoms with van der Waals surface area (Å²) in [7, 11) is 0. The van der Waals surface area contributed by atoms with E-state index in [0.717, 1.165) is 0 Å². The lowest BCUT2D eigenvalue weighted by atomic mass is 10.0. The Morgan fingerprint density at radius 3 is 1.85 bits per heavy atom. The number of aromatic nitrogens is 1. The van der Waals surface area contributed by atoms with E-state index >= 15 is 0 Å². The Morgan fingerprint density at radius 2 is 1.22 bits per heavy atom. The van der Waals surface area contributed by atoms with E-state index in [1.807, 2.05) is 0 Å². The molecule has 0 aliphatic heterocycles. The largest absolute Gasteiger partial charge is 0.307 e. The molecule has 0 amide bonds. The van der Waals surface area contributed by atoms with Crippen LogP contribution in [0.15, 0.2) is 102 Å². The molecule has 0 atom stereocenters. The van der Waals surface area contributed by atoms with E-state index in [2.05, 4.69) is 106 Å². The summed E-state index contributed by atoms with van der Waals surface area (Å²) in [6, 6.07) is 32.3. The molecule has 3 aromatic heterocycles. The zero-order valence-corrected chi connectivity index (χ0v) is 16.2. The lowest BCUT2D eigenvalue weighted by Gasteiger charge is -2.13. The molecule has 0 fully saturated rings. The summed E-state index contributed by atoms with van der Waals surface area (Å²) < 4.78 is 2.40. The molecular weight excluding hydrogens is 366 g/mol. The van der Waals surface area contributed by atoms with E-state index in [0.29, 0.717) is 0 Å². The standard InChI is InChI=1S/C24H17NS2/c1-3-9-18(10-4-1)20-17-21(22-13-7-15-26-22)25(19-11-5-2-6-12-19)24(20)23-14-8-16-27-23/h1-17H. The third-order valence-corrected chi connectivity index (χ3v) is 6.40. The van der Waals surface area contributed by atoms with Gasteiger partial charge in [-0.3, -0.25) is 0 Å². The smallest absolute Gasteiger partial charge is 0.0713 e. The number of nitrogens with zero attached hydrogens (tertiary/aromatic N) is 1. The predicted octanol–water partition coefficient (Wildman–Crippen LogP) is 7.60. The average molecular weight is 384 g/mol. The third kappa shape index (κ3) is 2.95. The minimum absolute atomic E-state index is 1.19. The molecule has 0 bridgehead atoms. The van der Waals surface area contributed by atoms with E-state index in [-0.39, 0.29) is 0 Å². The van der Waals surface area contributed by atoms with Crippen LogP contribution in [0.4, 0.5) is 0 Å². The molecular formula is C24H17NS2. The summed E-state index contributed by atoms with van der Waals surface area (Å²) in [5, 5.41) is 4.29. The van der Waals surface area contributed by atoms with Crippen molar-refractivity contribution in [2.45, 2.75) is 0 Å². The molecule has 0 saturated heterocycles. The van der Waals surface area contributed by atoms with Crippen LogP contribution in [0.5, 0.6) is 0 Å². The molecule has 0 unspecified atom stereocenters. The van der Waals surface area contributed by atoms with Crippen molar-refractivity contribution in [3.8, 4) is 38.0 Å². The second kappa shape index (κ2) is 7.03. The molecule has 130 valence electrons. The number of rotatable bonds is 4. The van der Waals surface area contributed by atoms with E-state index in [1.54, 1.807) is 22.7 Å². The molecule has 3 heterocycles. The van der Waals surface area contributed by atoms with E-state index in [1.165, 1.54) is 38.0 Å². The van der Waals surface area contributed by atoms with Gasteiger partial charge in [-0.2, -0.15) is 0 Å². The van der Waals surface area contributed by atoms with Gasteiger partial charge in [0.1, 0.15) is 0 Å². The first-order valence-corrected chi connectivity index (χ1v) is 10.6. The molecule has 27 heavy (non-hydrogen) atoms. The van der Waals surface area contributed by atoms with Crippen LogP contribution >= 0.6 is 22.7 Å². The Bertz CT molecular complexity index is 1140. The summed E-state index contributed by atoms with van der Waals surface area (Å²) >= 11 is 3.57. The maximum Gasteiger partial charge on any atom is 0.0713 e. The number of benzene rings is 2. The first-order valence-electron chi connectivity index (χ1n) is 8.86. The fourth-order valence-corrected chi connectivity index (χ4v) is 4.96. The van der Waals surface area contributed by atoms with Crippen molar-refractivity contribution in [2.75, 3.05) is 0 Å². The van der Waals surface area contributed by atoms with Crippen LogP contribution in [-0.2, 0) is 0 Å². The highest BCUT2D eigenvalue weighted by atomic mass is 32.1. The highest BCUT2D eigenvalue weighted by Crippen LogP contribution is 2.43. The number of para-hydroxylation sites is 1. The third-order valence-electron chi connectivity index (χ3n) is 4.63. The van der Waals surface area contributed by atoms with Crippen molar-refractivity contribution in [1.82, 2.24) is 4.57 Å². The molecule has 3 heteroatoms. The molecule has 0 spiro atoms. The Morgan fingerprint density at radius 1 is 0.593 bits per heavy atom. The summed E-state index contributed by atoms with van der Waals surface area (Å²) in [6.07, 6.45) is 0. The Hall–Kier alpha value is -2.88. The summed E-state index contributed by atoms with van der Waals surface area (Å²) in [5.74, 6) is 0. The zero-order chi connectivity index (χ0) is 18.1. The van der Waals surface area contributed by atoms with Crippen molar-refractivity contribution >= 4 is 22.7 Å². The van der Waals surface area contributed by atoms with Crippen LogP contribution in [-0.4, -0.2) is 4.57 Å². The van der Waals surface area contributed by atoms with Crippen LogP contribution in [0.3, 0.4) is 0 Å². The quantitative estimate of drug-likeness (QED) is 0.301. The SMILES string of the molecule is c1ccc(-c2cc(-c3cccs3)n(-c3ccccc3)c2-c2cccs2)cc1. The molecule has 0 N–H and O–H groups in total. The summed E-state index contributed by atoms with van der Waals surface area (Å²) in [4.78, 5) is 2.55. The lowest BCUT2D eigenvalue weighted by molar-refractivity contribution is 1.10. The van der Waals surface area contributed by atoms with Gasteiger partial charge >= 0.3 is 0 Å². The normalized spacial score (nSPS) is 11.0. The first-order chi connectivity index (χ1) is 13.4. The van der Waals surface area contributed by atoms with Crippen molar-refractivity contribution in [3.05, 3.63) is 102 Å². The fraction of sp³-hybridized carbons (Fsp3) is 0. The van der Waals surface area contributed by atoms with Gasteiger partial charge < -0.3 is 4.57 Å². The van der Waals surface area contributed by atoms with Gasteiger partial charge in [-0.1, -0.05) is 60.7 Å².